The number of hydrogen-bond acceptors (Lipinski definition) is 4. The first kappa shape index (κ1) is 14.3. The number of nitrogens with one attached hydrogen (secondary N) is 1. The second-order valence-corrected chi connectivity index (χ2v) is 7.04. The van der Waals surface area contributed by atoms with Crippen molar-refractivity contribution in [1.82, 2.24) is 4.98 Å². The summed E-state index contributed by atoms with van der Waals surface area (Å²) in [5.41, 5.74) is 6.56. The van der Waals surface area contributed by atoms with Crippen molar-refractivity contribution < 1.29 is 8.42 Å². The number of sulfonamides is 1. The Hall–Kier alpha value is -1.12. The minimum Gasteiger partial charge on any atom is -0.399 e. The summed E-state index contributed by atoms with van der Waals surface area (Å²) in [4.78, 5) is 3.88. The monoisotopic (exact) mass is 405 g/mol. The Balaban J connectivity index is 2.42. The Kier molecular flexibility index (Phi) is 4.12. The van der Waals surface area contributed by atoms with E-state index in [0.717, 1.165) is 0 Å². The first-order valence-electron chi connectivity index (χ1n) is 5.07. The predicted octanol–water partition coefficient (Wildman–Crippen LogP) is 2.99. The van der Waals surface area contributed by atoms with E-state index in [-0.39, 0.29) is 4.90 Å². The van der Waals surface area contributed by atoms with Gasteiger partial charge in [-0.15, -0.1) is 0 Å². The number of halogens is 2. The number of nitrogens with two attached hydrogens (primary N) is 1. The van der Waals surface area contributed by atoms with Gasteiger partial charge in [-0.05, 0) is 56.1 Å². The quantitative estimate of drug-likeness (QED) is 0.767. The Morgan fingerprint density at radius 3 is 2.37 bits per heavy atom. The molecule has 100 valence electrons. The molecule has 8 heteroatoms. The molecule has 5 nitrogen and oxygen atoms in total. The number of aromatic nitrogens is 1. The van der Waals surface area contributed by atoms with Crippen LogP contribution in [-0.4, -0.2) is 13.4 Å². The molecule has 0 spiro atoms. The van der Waals surface area contributed by atoms with Gasteiger partial charge in [-0.1, -0.05) is 0 Å². The van der Waals surface area contributed by atoms with E-state index in [1.165, 1.54) is 18.5 Å². The van der Waals surface area contributed by atoms with Crippen LogP contribution in [0.2, 0.25) is 0 Å². The van der Waals surface area contributed by atoms with Gasteiger partial charge in [0.15, 0.2) is 0 Å². The normalized spacial score (nSPS) is 11.3. The molecule has 1 aromatic heterocycles. The Labute approximate surface area is 127 Å². The number of rotatable bonds is 3. The third-order valence-electron chi connectivity index (χ3n) is 2.25. The summed E-state index contributed by atoms with van der Waals surface area (Å²) in [6.45, 7) is 0. The van der Waals surface area contributed by atoms with Crippen molar-refractivity contribution in [2.24, 2.45) is 0 Å². The van der Waals surface area contributed by atoms with E-state index in [4.69, 9.17) is 5.73 Å². The van der Waals surface area contributed by atoms with Crippen LogP contribution in [0.1, 0.15) is 0 Å². The Morgan fingerprint density at radius 1 is 1.21 bits per heavy atom. The Morgan fingerprint density at radius 2 is 1.84 bits per heavy atom. The number of benzene rings is 1. The summed E-state index contributed by atoms with van der Waals surface area (Å²) >= 11 is 6.54. The highest BCUT2D eigenvalue weighted by molar-refractivity contribution is 9.11. The fourth-order valence-electron chi connectivity index (χ4n) is 1.39. The lowest BCUT2D eigenvalue weighted by atomic mass is 10.3. The molecule has 2 rings (SSSR count). The van der Waals surface area contributed by atoms with Crippen molar-refractivity contribution in [1.29, 1.82) is 0 Å². The summed E-state index contributed by atoms with van der Waals surface area (Å²) in [6.07, 6.45) is 2.79. The molecule has 0 atom stereocenters. The lowest BCUT2D eigenvalue weighted by Gasteiger charge is -2.12. The van der Waals surface area contributed by atoms with Gasteiger partial charge in [-0.3, -0.25) is 9.71 Å². The fourth-order valence-corrected chi connectivity index (χ4v) is 4.14. The van der Waals surface area contributed by atoms with Gasteiger partial charge < -0.3 is 5.73 Å². The maximum atomic E-state index is 12.2. The third kappa shape index (κ3) is 3.26. The highest BCUT2D eigenvalue weighted by Crippen LogP contribution is 2.34. The Bertz CT molecular complexity index is 682. The van der Waals surface area contributed by atoms with Gasteiger partial charge in [-0.2, -0.15) is 0 Å². The molecule has 0 saturated carbocycles. The van der Waals surface area contributed by atoms with Crippen molar-refractivity contribution in [2.45, 2.75) is 4.90 Å². The SMILES string of the molecule is Nc1cc(Br)c(NS(=O)(=O)c2cccnc2)c(Br)c1. The summed E-state index contributed by atoms with van der Waals surface area (Å²) in [6, 6.07) is 6.26. The molecule has 0 amide bonds. The highest BCUT2D eigenvalue weighted by Gasteiger charge is 2.17. The minimum atomic E-state index is -3.68. The van der Waals surface area contributed by atoms with E-state index >= 15 is 0 Å². The molecule has 3 N–H and O–H groups in total. The first-order chi connectivity index (χ1) is 8.90. The molecule has 1 heterocycles. The zero-order valence-electron chi connectivity index (χ0n) is 9.47. The highest BCUT2D eigenvalue weighted by atomic mass is 79.9. The van der Waals surface area contributed by atoms with Crippen LogP contribution in [0.15, 0.2) is 50.5 Å². The minimum absolute atomic E-state index is 0.0885. The molecule has 0 aliphatic rings. The largest absolute Gasteiger partial charge is 0.399 e. The molecular weight excluding hydrogens is 398 g/mol. The number of nitrogens with zero attached hydrogens (tertiary/aromatic N) is 1. The van der Waals surface area contributed by atoms with Crippen LogP contribution < -0.4 is 10.5 Å². The van der Waals surface area contributed by atoms with Crippen LogP contribution in [0.3, 0.4) is 0 Å². The van der Waals surface area contributed by atoms with Crippen molar-refractivity contribution in [3.8, 4) is 0 Å². The second-order valence-electron chi connectivity index (χ2n) is 3.65. The van der Waals surface area contributed by atoms with Crippen molar-refractivity contribution in [3.63, 3.8) is 0 Å². The molecule has 0 radical (unpaired) electrons. The van der Waals surface area contributed by atoms with Crippen LogP contribution in [0.4, 0.5) is 11.4 Å². The maximum absolute atomic E-state index is 12.2. The molecule has 19 heavy (non-hydrogen) atoms. The molecular formula is C11H9Br2N3O2S. The fraction of sp³-hybridized carbons (Fsp3) is 0. The lowest BCUT2D eigenvalue weighted by Crippen LogP contribution is -2.14. The van der Waals surface area contributed by atoms with E-state index in [1.54, 1.807) is 18.2 Å². The first-order valence-corrected chi connectivity index (χ1v) is 8.14. The topological polar surface area (TPSA) is 85.1 Å². The van der Waals surface area contributed by atoms with E-state index in [9.17, 15) is 8.42 Å². The molecule has 0 unspecified atom stereocenters. The summed E-state index contributed by atoms with van der Waals surface area (Å²) in [7, 11) is -3.68. The molecule has 0 fully saturated rings. The summed E-state index contributed by atoms with van der Waals surface area (Å²) in [5.74, 6) is 0. The molecule has 0 aliphatic heterocycles. The average Bonchev–Trinajstić information content (AvgIpc) is 2.35. The van der Waals surface area contributed by atoms with Crippen LogP contribution in [-0.2, 0) is 10.0 Å². The molecule has 0 saturated heterocycles. The predicted molar refractivity (Wildman–Crippen MR) is 81.3 cm³/mol. The van der Waals surface area contributed by atoms with Gasteiger partial charge in [0.1, 0.15) is 4.90 Å². The average molecular weight is 407 g/mol. The van der Waals surface area contributed by atoms with Gasteiger partial charge >= 0.3 is 0 Å². The van der Waals surface area contributed by atoms with Crippen LogP contribution >= 0.6 is 31.9 Å². The van der Waals surface area contributed by atoms with Crippen molar-refractivity contribution in [3.05, 3.63) is 45.6 Å². The van der Waals surface area contributed by atoms with E-state index in [0.29, 0.717) is 20.3 Å². The number of nitrogen functional groups attached to an aromatic ring is 1. The van der Waals surface area contributed by atoms with Gasteiger partial charge in [0.05, 0.1) is 5.69 Å². The van der Waals surface area contributed by atoms with Crippen molar-refractivity contribution in [2.75, 3.05) is 10.5 Å². The molecule has 0 bridgehead atoms. The van der Waals surface area contributed by atoms with Crippen LogP contribution in [0.5, 0.6) is 0 Å². The maximum Gasteiger partial charge on any atom is 0.263 e. The molecule has 1 aromatic carbocycles. The van der Waals surface area contributed by atoms with E-state index < -0.39 is 10.0 Å². The smallest absolute Gasteiger partial charge is 0.263 e. The molecule has 0 aliphatic carbocycles. The number of anilines is 2. The van der Waals surface area contributed by atoms with Gasteiger partial charge in [0.2, 0.25) is 0 Å². The summed E-state index contributed by atoms with van der Waals surface area (Å²) in [5, 5.41) is 0. The summed E-state index contributed by atoms with van der Waals surface area (Å²) < 4.78 is 27.9. The van der Waals surface area contributed by atoms with E-state index in [1.807, 2.05) is 0 Å². The van der Waals surface area contributed by atoms with Crippen LogP contribution in [0, 0.1) is 0 Å². The third-order valence-corrected chi connectivity index (χ3v) is 4.83. The van der Waals surface area contributed by atoms with Gasteiger partial charge in [0.25, 0.3) is 10.0 Å². The zero-order valence-corrected chi connectivity index (χ0v) is 13.5. The second kappa shape index (κ2) is 5.48. The van der Waals surface area contributed by atoms with E-state index in [2.05, 4.69) is 41.6 Å². The van der Waals surface area contributed by atoms with Gasteiger partial charge in [-0.25, -0.2) is 8.42 Å². The van der Waals surface area contributed by atoms with Crippen LogP contribution in [0.25, 0.3) is 0 Å². The number of pyridine rings is 1. The zero-order chi connectivity index (χ0) is 14.0. The van der Waals surface area contributed by atoms with Crippen molar-refractivity contribution >= 4 is 53.3 Å². The molecule has 2 aromatic rings. The van der Waals surface area contributed by atoms with Gasteiger partial charge in [0, 0.05) is 27.0 Å². The standard InChI is InChI=1S/C11H9Br2N3O2S/c12-9-4-7(14)5-10(13)11(9)16-19(17,18)8-2-1-3-15-6-8/h1-6,16H,14H2. The lowest BCUT2D eigenvalue weighted by molar-refractivity contribution is 0.601. The number of hydrogen-bond donors (Lipinski definition) is 2.